The van der Waals surface area contributed by atoms with Gasteiger partial charge in [-0.2, -0.15) is 0 Å². The molecule has 24 heavy (non-hydrogen) atoms. The van der Waals surface area contributed by atoms with Crippen LogP contribution in [0.4, 0.5) is 0 Å². The lowest BCUT2D eigenvalue weighted by Crippen LogP contribution is -2.32. The van der Waals surface area contributed by atoms with Crippen LogP contribution in [0.5, 0.6) is 11.5 Å². The van der Waals surface area contributed by atoms with Crippen LogP contribution in [-0.2, 0) is 0 Å². The summed E-state index contributed by atoms with van der Waals surface area (Å²) in [5.41, 5.74) is 1.36. The summed E-state index contributed by atoms with van der Waals surface area (Å²) in [5.74, 6) is 0.999. The molecule has 2 heterocycles. The van der Waals surface area contributed by atoms with Gasteiger partial charge in [0.05, 0.1) is 6.04 Å². The van der Waals surface area contributed by atoms with Gasteiger partial charge in [-0.15, -0.1) is 0 Å². The fraction of sp³-hybridized carbons (Fsp3) is 0.333. The van der Waals surface area contributed by atoms with Crippen molar-refractivity contribution in [1.29, 1.82) is 0 Å². The Labute approximate surface area is 139 Å². The van der Waals surface area contributed by atoms with Crippen LogP contribution in [0.1, 0.15) is 41.0 Å². The van der Waals surface area contributed by atoms with Gasteiger partial charge >= 0.3 is 0 Å². The Morgan fingerprint density at radius 1 is 1.21 bits per heavy atom. The third kappa shape index (κ3) is 3.27. The molecule has 6 nitrogen and oxygen atoms in total. The van der Waals surface area contributed by atoms with Gasteiger partial charge < -0.3 is 19.8 Å². The van der Waals surface area contributed by atoms with Crippen molar-refractivity contribution < 1.29 is 14.3 Å². The minimum Gasteiger partial charge on any atom is -0.486 e. The Hall–Kier alpha value is -2.76. The van der Waals surface area contributed by atoms with E-state index in [1.807, 2.05) is 25.1 Å². The van der Waals surface area contributed by atoms with Crippen molar-refractivity contribution in [3.8, 4) is 11.5 Å². The van der Waals surface area contributed by atoms with Crippen LogP contribution in [0.25, 0.3) is 0 Å². The maximum absolute atomic E-state index is 12.4. The molecule has 0 fully saturated rings. The van der Waals surface area contributed by atoms with E-state index in [-0.39, 0.29) is 17.2 Å². The largest absolute Gasteiger partial charge is 0.486 e. The fourth-order valence-electron chi connectivity index (χ4n) is 2.68. The lowest BCUT2D eigenvalue weighted by atomic mass is 10.0. The van der Waals surface area contributed by atoms with E-state index >= 15 is 0 Å². The van der Waals surface area contributed by atoms with Crippen molar-refractivity contribution in [2.24, 2.45) is 0 Å². The Kier molecular flexibility index (Phi) is 4.55. The quantitative estimate of drug-likeness (QED) is 0.903. The van der Waals surface area contributed by atoms with Gasteiger partial charge in [0.1, 0.15) is 18.8 Å². The molecule has 2 N–H and O–H groups in total. The second-order valence-electron chi connectivity index (χ2n) is 5.72. The molecule has 0 aliphatic carbocycles. The Morgan fingerprint density at radius 2 is 1.96 bits per heavy atom. The number of ether oxygens (including phenoxy) is 2. The summed E-state index contributed by atoms with van der Waals surface area (Å²) >= 11 is 0. The summed E-state index contributed by atoms with van der Waals surface area (Å²) in [4.78, 5) is 27.0. The molecule has 1 aliphatic heterocycles. The first-order valence-corrected chi connectivity index (χ1v) is 7.99. The van der Waals surface area contributed by atoms with Crippen LogP contribution in [0.3, 0.4) is 0 Å². The molecule has 126 valence electrons. The average Bonchev–Trinajstić information content (AvgIpc) is 2.59. The molecular weight excluding hydrogens is 308 g/mol. The van der Waals surface area contributed by atoms with E-state index in [0.29, 0.717) is 31.1 Å². The van der Waals surface area contributed by atoms with Crippen LogP contribution in [0.15, 0.2) is 35.1 Å². The molecule has 1 aromatic carbocycles. The van der Waals surface area contributed by atoms with Crippen molar-refractivity contribution in [2.45, 2.75) is 26.3 Å². The normalized spacial score (nSPS) is 14.1. The highest BCUT2D eigenvalue weighted by Crippen LogP contribution is 2.33. The number of aryl methyl sites for hydroxylation is 1. The summed E-state index contributed by atoms with van der Waals surface area (Å²) in [7, 11) is 0. The Bertz CT molecular complexity index is 813. The molecule has 0 radical (unpaired) electrons. The number of carbonyl (C=O) groups is 1. The van der Waals surface area contributed by atoms with E-state index in [0.717, 1.165) is 11.3 Å². The molecule has 0 bridgehead atoms. The Balaban J connectivity index is 1.81. The number of nitrogens with one attached hydrogen (secondary N) is 2. The van der Waals surface area contributed by atoms with Crippen LogP contribution >= 0.6 is 0 Å². The van der Waals surface area contributed by atoms with Gasteiger partial charge in [-0.1, -0.05) is 13.0 Å². The molecule has 1 aromatic heterocycles. The van der Waals surface area contributed by atoms with Crippen LogP contribution in [0, 0.1) is 6.92 Å². The van der Waals surface area contributed by atoms with Crippen molar-refractivity contribution in [3.63, 3.8) is 0 Å². The summed E-state index contributed by atoms with van der Waals surface area (Å²) in [6, 6.07) is 8.66. The minimum atomic E-state index is -0.391. The number of amides is 1. The number of fused-ring (bicyclic) bond motifs is 1. The number of carbonyl (C=O) groups excluding carboxylic acids is 1. The number of H-pyrrole nitrogens is 1. The zero-order chi connectivity index (χ0) is 17.1. The standard InChI is InChI=1S/C18H20N2O4/c1-3-14(12-5-7-15-16(10-12)24-9-8-23-15)20-18(22)13-6-4-11(2)19-17(13)21/h4-7,10,14H,3,8-9H2,1-2H3,(H,19,21)(H,20,22)/t14-/m1/s1. The maximum Gasteiger partial charge on any atom is 0.260 e. The number of benzene rings is 1. The van der Waals surface area contributed by atoms with E-state index in [1.165, 1.54) is 0 Å². The van der Waals surface area contributed by atoms with Gasteiger partial charge in [0.2, 0.25) is 0 Å². The third-order valence-electron chi connectivity index (χ3n) is 3.98. The van der Waals surface area contributed by atoms with Crippen molar-refractivity contribution in [2.75, 3.05) is 13.2 Å². The first-order chi connectivity index (χ1) is 11.6. The van der Waals surface area contributed by atoms with Crippen LogP contribution in [0.2, 0.25) is 0 Å². The number of aromatic nitrogens is 1. The van der Waals surface area contributed by atoms with E-state index in [2.05, 4.69) is 10.3 Å². The third-order valence-corrected chi connectivity index (χ3v) is 3.98. The van der Waals surface area contributed by atoms with E-state index in [1.54, 1.807) is 19.1 Å². The van der Waals surface area contributed by atoms with Gasteiger partial charge in [-0.3, -0.25) is 9.59 Å². The van der Waals surface area contributed by atoms with Crippen molar-refractivity contribution >= 4 is 5.91 Å². The predicted octanol–water partition coefficient (Wildman–Crippen LogP) is 2.34. The molecule has 0 spiro atoms. The molecule has 0 unspecified atom stereocenters. The second kappa shape index (κ2) is 6.78. The predicted molar refractivity (Wildman–Crippen MR) is 89.7 cm³/mol. The summed E-state index contributed by atoms with van der Waals surface area (Å²) in [6.07, 6.45) is 0.690. The fourth-order valence-corrected chi connectivity index (χ4v) is 2.68. The monoisotopic (exact) mass is 328 g/mol. The van der Waals surface area contributed by atoms with Gasteiger partial charge in [-0.25, -0.2) is 0 Å². The van der Waals surface area contributed by atoms with Crippen molar-refractivity contribution in [3.05, 3.63) is 57.5 Å². The molecule has 2 aromatic rings. The van der Waals surface area contributed by atoms with Crippen LogP contribution < -0.4 is 20.3 Å². The van der Waals surface area contributed by atoms with Crippen LogP contribution in [-0.4, -0.2) is 24.1 Å². The molecular formula is C18H20N2O4. The SMILES string of the molecule is CC[C@@H](NC(=O)c1ccc(C)[nH]c1=O)c1ccc2c(c1)OCCO2. The molecule has 6 heteroatoms. The van der Waals surface area contributed by atoms with Gasteiger partial charge in [0.15, 0.2) is 11.5 Å². The number of aromatic amines is 1. The lowest BCUT2D eigenvalue weighted by Gasteiger charge is -2.22. The van der Waals surface area contributed by atoms with Crippen molar-refractivity contribution in [1.82, 2.24) is 10.3 Å². The first-order valence-electron chi connectivity index (χ1n) is 7.99. The highest BCUT2D eigenvalue weighted by molar-refractivity contribution is 5.94. The maximum atomic E-state index is 12.4. The summed E-state index contributed by atoms with van der Waals surface area (Å²) in [6.45, 7) is 4.79. The number of pyridine rings is 1. The zero-order valence-electron chi connectivity index (χ0n) is 13.7. The van der Waals surface area contributed by atoms with Gasteiger partial charge in [-0.05, 0) is 43.2 Å². The lowest BCUT2D eigenvalue weighted by molar-refractivity contribution is 0.0934. The zero-order valence-corrected chi connectivity index (χ0v) is 13.7. The summed E-state index contributed by atoms with van der Waals surface area (Å²) in [5, 5.41) is 2.91. The molecule has 1 amide bonds. The second-order valence-corrected chi connectivity index (χ2v) is 5.72. The highest BCUT2D eigenvalue weighted by atomic mass is 16.6. The smallest absolute Gasteiger partial charge is 0.260 e. The first kappa shape index (κ1) is 16.1. The topological polar surface area (TPSA) is 80.4 Å². The highest BCUT2D eigenvalue weighted by Gasteiger charge is 2.19. The average molecular weight is 328 g/mol. The molecule has 1 atom stereocenters. The number of hydrogen-bond acceptors (Lipinski definition) is 4. The van der Waals surface area contributed by atoms with E-state index in [9.17, 15) is 9.59 Å². The number of hydrogen-bond donors (Lipinski definition) is 2. The summed E-state index contributed by atoms with van der Waals surface area (Å²) < 4.78 is 11.1. The molecule has 0 saturated heterocycles. The van der Waals surface area contributed by atoms with Gasteiger partial charge in [0, 0.05) is 5.69 Å². The number of rotatable bonds is 4. The Morgan fingerprint density at radius 3 is 2.67 bits per heavy atom. The molecule has 3 rings (SSSR count). The molecule has 1 aliphatic rings. The minimum absolute atomic E-state index is 0.108. The molecule has 0 saturated carbocycles. The van der Waals surface area contributed by atoms with E-state index in [4.69, 9.17) is 9.47 Å². The van der Waals surface area contributed by atoms with Gasteiger partial charge in [0.25, 0.3) is 11.5 Å². The van der Waals surface area contributed by atoms with E-state index < -0.39 is 5.91 Å².